The summed E-state index contributed by atoms with van der Waals surface area (Å²) in [5, 5.41) is 3.31. The topological polar surface area (TPSA) is 0 Å². The van der Waals surface area contributed by atoms with E-state index in [0.717, 1.165) is 5.02 Å². The van der Waals surface area contributed by atoms with Crippen molar-refractivity contribution in [2.45, 2.75) is 26.7 Å². The molecule has 2 aromatic rings. The summed E-state index contributed by atoms with van der Waals surface area (Å²) in [5.74, 6) is 0.507. The molecule has 0 saturated heterocycles. The standard InChI is InChI=1S/C14H15Cl/c1-9(2)12-8-10(3)7-11-5-4-6-13(15)14(11)12/h4-9H,1-3H3. The van der Waals surface area contributed by atoms with E-state index in [2.05, 4.69) is 39.0 Å². The Morgan fingerprint density at radius 1 is 1.13 bits per heavy atom. The predicted molar refractivity (Wildman–Crippen MR) is 67.8 cm³/mol. The first kappa shape index (κ1) is 10.5. The fourth-order valence-electron chi connectivity index (χ4n) is 2.03. The van der Waals surface area contributed by atoms with Crippen LogP contribution in [-0.2, 0) is 0 Å². The predicted octanol–water partition coefficient (Wildman–Crippen LogP) is 4.93. The van der Waals surface area contributed by atoms with Gasteiger partial charge in [-0.15, -0.1) is 0 Å². The molecule has 0 aliphatic rings. The van der Waals surface area contributed by atoms with E-state index >= 15 is 0 Å². The van der Waals surface area contributed by atoms with Crippen molar-refractivity contribution < 1.29 is 0 Å². The Morgan fingerprint density at radius 2 is 1.87 bits per heavy atom. The first-order chi connectivity index (χ1) is 7.09. The van der Waals surface area contributed by atoms with Crippen molar-refractivity contribution in [3.63, 3.8) is 0 Å². The lowest BCUT2D eigenvalue weighted by molar-refractivity contribution is 0.875. The van der Waals surface area contributed by atoms with Crippen LogP contribution in [0, 0.1) is 6.92 Å². The Bertz CT molecular complexity index is 498. The van der Waals surface area contributed by atoms with Crippen molar-refractivity contribution >= 4 is 22.4 Å². The van der Waals surface area contributed by atoms with E-state index in [1.165, 1.54) is 21.9 Å². The molecule has 0 spiro atoms. The fraction of sp³-hybridized carbons (Fsp3) is 0.286. The van der Waals surface area contributed by atoms with Crippen LogP contribution >= 0.6 is 11.6 Å². The summed E-state index contributed by atoms with van der Waals surface area (Å²) in [4.78, 5) is 0. The molecule has 15 heavy (non-hydrogen) atoms. The summed E-state index contributed by atoms with van der Waals surface area (Å²) in [6, 6.07) is 10.5. The Morgan fingerprint density at radius 3 is 2.53 bits per heavy atom. The maximum atomic E-state index is 6.26. The molecule has 0 radical (unpaired) electrons. The van der Waals surface area contributed by atoms with Crippen molar-refractivity contribution in [1.29, 1.82) is 0 Å². The van der Waals surface area contributed by atoms with Gasteiger partial charge in [0, 0.05) is 10.4 Å². The van der Waals surface area contributed by atoms with Gasteiger partial charge in [-0.3, -0.25) is 0 Å². The highest BCUT2D eigenvalue weighted by Gasteiger charge is 2.08. The van der Waals surface area contributed by atoms with Gasteiger partial charge in [0.25, 0.3) is 0 Å². The van der Waals surface area contributed by atoms with Gasteiger partial charge in [-0.05, 0) is 29.9 Å². The number of fused-ring (bicyclic) bond motifs is 1. The first-order valence-corrected chi connectivity index (χ1v) is 5.66. The molecular weight excluding hydrogens is 204 g/mol. The van der Waals surface area contributed by atoms with E-state index in [9.17, 15) is 0 Å². The van der Waals surface area contributed by atoms with Gasteiger partial charge in [0.1, 0.15) is 0 Å². The van der Waals surface area contributed by atoms with Crippen LogP contribution in [0.3, 0.4) is 0 Å². The lowest BCUT2D eigenvalue weighted by atomic mass is 9.94. The smallest absolute Gasteiger partial charge is 0.0487 e. The summed E-state index contributed by atoms with van der Waals surface area (Å²) in [6.07, 6.45) is 0. The summed E-state index contributed by atoms with van der Waals surface area (Å²) in [6.45, 7) is 6.54. The summed E-state index contributed by atoms with van der Waals surface area (Å²) in [5.41, 5.74) is 2.64. The number of benzene rings is 2. The van der Waals surface area contributed by atoms with Crippen LogP contribution in [0.25, 0.3) is 10.8 Å². The van der Waals surface area contributed by atoms with Crippen LogP contribution in [-0.4, -0.2) is 0 Å². The van der Waals surface area contributed by atoms with Crippen molar-refractivity contribution in [3.8, 4) is 0 Å². The van der Waals surface area contributed by atoms with Crippen LogP contribution in [0.15, 0.2) is 30.3 Å². The molecule has 2 aromatic carbocycles. The molecule has 78 valence electrons. The van der Waals surface area contributed by atoms with E-state index in [0.29, 0.717) is 5.92 Å². The normalized spacial score (nSPS) is 11.3. The molecule has 0 nitrogen and oxygen atoms in total. The molecule has 0 amide bonds. The SMILES string of the molecule is Cc1cc(C(C)C)c2c(Cl)cccc2c1. The van der Waals surface area contributed by atoms with Gasteiger partial charge in [-0.25, -0.2) is 0 Å². The molecule has 0 aromatic heterocycles. The monoisotopic (exact) mass is 218 g/mol. The van der Waals surface area contributed by atoms with E-state index < -0.39 is 0 Å². The third-order valence-corrected chi connectivity index (χ3v) is 3.04. The van der Waals surface area contributed by atoms with Gasteiger partial charge >= 0.3 is 0 Å². The van der Waals surface area contributed by atoms with Crippen molar-refractivity contribution in [1.82, 2.24) is 0 Å². The quantitative estimate of drug-likeness (QED) is 0.637. The van der Waals surface area contributed by atoms with E-state index in [1.807, 2.05) is 12.1 Å². The molecule has 0 N–H and O–H groups in total. The Balaban J connectivity index is 2.88. The highest BCUT2D eigenvalue weighted by molar-refractivity contribution is 6.35. The second-order valence-corrected chi connectivity index (χ2v) is 4.75. The minimum Gasteiger partial charge on any atom is -0.0837 e. The van der Waals surface area contributed by atoms with E-state index in [1.54, 1.807) is 0 Å². The average molecular weight is 219 g/mol. The summed E-state index contributed by atoms with van der Waals surface area (Å²) >= 11 is 6.26. The summed E-state index contributed by atoms with van der Waals surface area (Å²) < 4.78 is 0. The summed E-state index contributed by atoms with van der Waals surface area (Å²) in [7, 11) is 0. The van der Waals surface area contributed by atoms with Crippen LogP contribution in [0.1, 0.15) is 30.9 Å². The van der Waals surface area contributed by atoms with Gasteiger partial charge in [-0.2, -0.15) is 0 Å². The van der Waals surface area contributed by atoms with Crippen molar-refractivity contribution in [2.24, 2.45) is 0 Å². The largest absolute Gasteiger partial charge is 0.0837 e. The molecule has 2 rings (SSSR count). The molecule has 0 heterocycles. The van der Waals surface area contributed by atoms with Crippen LogP contribution in [0.2, 0.25) is 5.02 Å². The Hall–Kier alpha value is -1.01. The van der Waals surface area contributed by atoms with Gasteiger partial charge in [0.05, 0.1) is 0 Å². The van der Waals surface area contributed by atoms with E-state index in [-0.39, 0.29) is 0 Å². The van der Waals surface area contributed by atoms with Crippen LogP contribution < -0.4 is 0 Å². The fourth-order valence-corrected chi connectivity index (χ4v) is 2.32. The van der Waals surface area contributed by atoms with Gasteiger partial charge < -0.3 is 0 Å². The molecule has 0 fully saturated rings. The number of hydrogen-bond donors (Lipinski definition) is 0. The molecule has 0 aliphatic carbocycles. The second kappa shape index (κ2) is 3.86. The van der Waals surface area contributed by atoms with Gasteiger partial charge in [-0.1, -0.05) is 55.3 Å². The van der Waals surface area contributed by atoms with Crippen LogP contribution in [0.4, 0.5) is 0 Å². The lowest BCUT2D eigenvalue weighted by Gasteiger charge is -2.12. The zero-order valence-corrected chi connectivity index (χ0v) is 10.1. The number of halogens is 1. The van der Waals surface area contributed by atoms with Crippen molar-refractivity contribution in [2.75, 3.05) is 0 Å². The third-order valence-electron chi connectivity index (χ3n) is 2.72. The minimum absolute atomic E-state index is 0.507. The first-order valence-electron chi connectivity index (χ1n) is 5.28. The molecule has 0 saturated carbocycles. The maximum absolute atomic E-state index is 6.26. The molecular formula is C14H15Cl. The molecule has 1 heteroatoms. The number of aryl methyl sites for hydroxylation is 1. The highest BCUT2D eigenvalue weighted by Crippen LogP contribution is 2.32. The minimum atomic E-state index is 0.507. The van der Waals surface area contributed by atoms with Crippen molar-refractivity contribution in [3.05, 3.63) is 46.5 Å². The zero-order valence-electron chi connectivity index (χ0n) is 9.34. The number of hydrogen-bond acceptors (Lipinski definition) is 0. The zero-order chi connectivity index (χ0) is 11.0. The van der Waals surface area contributed by atoms with Crippen LogP contribution in [0.5, 0.6) is 0 Å². The third kappa shape index (κ3) is 1.87. The Labute approximate surface area is 95.9 Å². The van der Waals surface area contributed by atoms with Gasteiger partial charge in [0.15, 0.2) is 0 Å². The van der Waals surface area contributed by atoms with E-state index in [4.69, 9.17) is 11.6 Å². The lowest BCUT2D eigenvalue weighted by Crippen LogP contribution is -1.91. The highest BCUT2D eigenvalue weighted by atomic mass is 35.5. The Kier molecular flexibility index (Phi) is 2.70. The molecule has 0 atom stereocenters. The average Bonchev–Trinajstić information content (AvgIpc) is 2.16. The van der Waals surface area contributed by atoms with Gasteiger partial charge in [0.2, 0.25) is 0 Å². The molecule has 0 aliphatic heterocycles. The molecule has 0 bridgehead atoms. The maximum Gasteiger partial charge on any atom is 0.0487 e. The number of rotatable bonds is 1. The molecule has 0 unspecified atom stereocenters. The second-order valence-electron chi connectivity index (χ2n) is 4.35.